The molecule has 7 heteroatoms. The standard InChI is InChI=1S/C13H20O7/c1-9(10(7-11(14)15)8-12(16)17)13(18)20-6-4-3-5-19-2/h3-8H2,1-2H3,(H,14,15)(H,16,17). The zero-order valence-corrected chi connectivity index (χ0v) is 11.7. The van der Waals surface area contributed by atoms with E-state index in [4.69, 9.17) is 19.7 Å². The van der Waals surface area contributed by atoms with Crippen molar-refractivity contribution in [3.05, 3.63) is 11.1 Å². The fourth-order valence-corrected chi connectivity index (χ4v) is 1.46. The van der Waals surface area contributed by atoms with E-state index < -0.39 is 30.7 Å². The Hall–Kier alpha value is -1.89. The van der Waals surface area contributed by atoms with E-state index >= 15 is 0 Å². The Kier molecular flexibility index (Phi) is 9.02. The zero-order chi connectivity index (χ0) is 15.5. The van der Waals surface area contributed by atoms with Gasteiger partial charge >= 0.3 is 17.9 Å². The molecule has 0 unspecified atom stereocenters. The second-order valence-corrected chi connectivity index (χ2v) is 4.21. The molecule has 0 rings (SSSR count). The third kappa shape index (κ3) is 8.25. The number of aliphatic carboxylic acids is 2. The van der Waals surface area contributed by atoms with Crippen molar-refractivity contribution in [2.24, 2.45) is 0 Å². The van der Waals surface area contributed by atoms with E-state index in [1.54, 1.807) is 7.11 Å². The summed E-state index contributed by atoms with van der Waals surface area (Å²) >= 11 is 0. The van der Waals surface area contributed by atoms with Gasteiger partial charge in [0.1, 0.15) is 0 Å². The van der Waals surface area contributed by atoms with Crippen LogP contribution in [0.2, 0.25) is 0 Å². The minimum atomic E-state index is -1.19. The Balaban J connectivity index is 4.53. The lowest BCUT2D eigenvalue weighted by molar-refractivity contribution is -0.139. The molecule has 2 N–H and O–H groups in total. The summed E-state index contributed by atoms with van der Waals surface area (Å²) in [6, 6.07) is 0. The van der Waals surface area contributed by atoms with Crippen molar-refractivity contribution in [2.45, 2.75) is 32.6 Å². The molecule has 0 atom stereocenters. The fraction of sp³-hybridized carbons (Fsp3) is 0.615. The number of methoxy groups -OCH3 is 1. The molecule has 0 aliphatic rings. The molecule has 0 radical (unpaired) electrons. The van der Waals surface area contributed by atoms with Gasteiger partial charge in [0.25, 0.3) is 0 Å². The Morgan fingerprint density at radius 3 is 1.90 bits per heavy atom. The van der Waals surface area contributed by atoms with Crippen LogP contribution >= 0.6 is 0 Å². The van der Waals surface area contributed by atoms with E-state index in [-0.39, 0.29) is 17.8 Å². The van der Waals surface area contributed by atoms with E-state index in [0.29, 0.717) is 13.0 Å². The summed E-state index contributed by atoms with van der Waals surface area (Å²) in [6.07, 6.45) is 0.386. The molecule has 0 aromatic heterocycles. The lowest BCUT2D eigenvalue weighted by atomic mass is 10.0. The van der Waals surface area contributed by atoms with Crippen LogP contribution in [0.15, 0.2) is 11.1 Å². The Bertz CT molecular complexity index is 366. The number of hydrogen-bond donors (Lipinski definition) is 2. The first-order chi connectivity index (χ1) is 9.38. The number of carbonyl (C=O) groups excluding carboxylic acids is 1. The van der Waals surface area contributed by atoms with Gasteiger partial charge in [-0.15, -0.1) is 0 Å². The Morgan fingerprint density at radius 1 is 0.950 bits per heavy atom. The third-order valence-electron chi connectivity index (χ3n) is 2.54. The van der Waals surface area contributed by atoms with Crippen molar-refractivity contribution in [3.63, 3.8) is 0 Å². The summed E-state index contributed by atoms with van der Waals surface area (Å²) in [5.74, 6) is -3.05. The van der Waals surface area contributed by atoms with E-state index in [0.717, 1.165) is 6.42 Å². The molecule has 0 saturated carbocycles. The molecule has 0 spiro atoms. The Morgan fingerprint density at radius 2 is 1.45 bits per heavy atom. The molecule has 0 fully saturated rings. The van der Waals surface area contributed by atoms with Gasteiger partial charge in [-0.1, -0.05) is 0 Å². The van der Waals surface area contributed by atoms with Gasteiger partial charge in [-0.25, -0.2) is 4.79 Å². The van der Waals surface area contributed by atoms with Gasteiger partial charge in [0.2, 0.25) is 0 Å². The molecule has 0 aromatic rings. The van der Waals surface area contributed by atoms with Crippen LogP contribution in [-0.2, 0) is 23.9 Å². The van der Waals surface area contributed by atoms with Gasteiger partial charge in [0.05, 0.1) is 19.4 Å². The van der Waals surface area contributed by atoms with Crippen molar-refractivity contribution in [3.8, 4) is 0 Å². The minimum Gasteiger partial charge on any atom is -0.481 e. The monoisotopic (exact) mass is 288 g/mol. The largest absolute Gasteiger partial charge is 0.481 e. The smallest absolute Gasteiger partial charge is 0.333 e. The molecule has 0 aromatic carbocycles. The van der Waals surface area contributed by atoms with Crippen LogP contribution in [0.25, 0.3) is 0 Å². The van der Waals surface area contributed by atoms with E-state index in [1.807, 2.05) is 0 Å². The highest BCUT2D eigenvalue weighted by Crippen LogP contribution is 2.15. The number of ether oxygens (including phenoxy) is 2. The van der Waals surface area contributed by atoms with Crippen LogP contribution in [0.4, 0.5) is 0 Å². The maximum atomic E-state index is 11.7. The highest BCUT2D eigenvalue weighted by molar-refractivity contribution is 5.91. The number of carboxylic acids is 2. The Labute approximate surface area is 117 Å². The van der Waals surface area contributed by atoms with Gasteiger partial charge in [-0.2, -0.15) is 0 Å². The molecule has 0 amide bonds. The van der Waals surface area contributed by atoms with Gasteiger partial charge in [0.15, 0.2) is 0 Å². The van der Waals surface area contributed by atoms with Crippen molar-refractivity contribution in [2.75, 3.05) is 20.3 Å². The molecule has 114 valence electrons. The molecule has 20 heavy (non-hydrogen) atoms. The van der Waals surface area contributed by atoms with E-state index in [9.17, 15) is 14.4 Å². The van der Waals surface area contributed by atoms with Crippen molar-refractivity contribution in [1.29, 1.82) is 0 Å². The van der Waals surface area contributed by atoms with Crippen molar-refractivity contribution in [1.82, 2.24) is 0 Å². The topological polar surface area (TPSA) is 110 Å². The summed E-state index contributed by atoms with van der Waals surface area (Å²) in [5, 5.41) is 17.4. The molecule has 0 aliphatic carbocycles. The highest BCUT2D eigenvalue weighted by Gasteiger charge is 2.17. The van der Waals surface area contributed by atoms with Crippen LogP contribution < -0.4 is 0 Å². The average molecular weight is 288 g/mol. The molecule has 0 heterocycles. The number of unbranched alkanes of at least 4 members (excludes halogenated alkanes) is 1. The average Bonchev–Trinajstić information content (AvgIpc) is 2.35. The van der Waals surface area contributed by atoms with E-state index in [1.165, 1.54) is 6.92 Å². The second-order valence-electron chi connectivity index (χ2n) is 4.21. The maximum Gasteiger partial charge on any atom is 0.333 e. The lowest BCUT2D eigenvalue weighted by Gasteiger charge is -2.09. The second kappa shape index (κ2) is 9.96. The van der Waals surface area contributed by atoms with Crippen molar-refractivity contribution < 1.29 is 34.1 Å². The number of esters is 1. The predicted octanol–water partition coefficient (Wildman–Crippen LogP) is 1.22. The van der Waals surface area contributed by atoms with Gasteiger partial charge in [-0.3, -0.25) is 9.59 Å². The van der Waals surface area contributed by atoms with Gasteiger partial charge < -0.3 is 19.7 Å². The molecular weight excluding hydrogens is 268 g/mol. The summed E-state index contributed by atoms with van der Waals surface area (Å²) in [4.78, 5) is 33.0. The summed E-state index contributed by atoms with van der Waals surface area (Å²) in [6.45, 7) is 2.13. The van der Waals surface area contributed by atoms with Gasteiger partial charge in [-0.05, 0) is 25.3 Å². The summed E-state index contributed by atoms with van der Waals surface area (Å²) < 4.78 is 9.80. The normalized spacial score (nSPS) is 9.90. The summed E-state index contributed by atoms with van der Waals surface area (Å²) in [5.41, 5.74) is 0.0911. The highest BCUT2D eigenvalue weighted by atomic mass is 16.5. The number of hydrogen-bond acceptors (Lipinski definition) is 5. The minimum absolute atomic E-state index is 0.0431. The third-order valence-corrected chi connectivity index (χ3v) is 2.54. The molecule has 7 nitrogen and oxygen atoms in total. The zero-order valence-electron chi connectivity index (χ0n) is 11.7. The van der Waals surface area contributed by atoms with Crippen LogP contribution in [0.1, 0.15) is 32.6 Å². The molecule has 0 aliphatic heterocycles. The SMILES string of the molecule is COCCCCOC(=O)C(C)=C(CC(=O)O)CC(=O)O. The molecule has 0 saturated heterocycles. The van der Waals surface area contributed by atoms with Crippen molar-refractivity contribution >= 4 is 17.9 Å². The van der Waals surface area contributed by atoms with Crippen LogP contribution in [0, 0.1) is 0 Å². The first-order valence-electron chi connectivity index (χ1n) is 6.16. The number of rotatable bonds is 10. The summed E-state index contributed by atoms with van der Waals surface area (Å²) in [7, 11) is 1.57. The lowest BCUT2D eigenvalue weighted by Crippen LogP contribution is -2.13. The number of carboxylic acid groups (broad SMARTS) is 2. The van der Waals surface area contributed by atoms with Crippen LogP contribution in [0.3, 0.4) is 0 Å². The first kappa shape index (κ1) is 18.1. The van der Waals surface area contributed by atoms with E-state index in [2.05, 4.69) is 0 Å². The molecular formula is C13H20O7. The van der Waals surface area contributed by atoms with Crippen LogP contribution in [-0.4, -0.2) is 48.4 Å². The predicted molar refractivity (Wildman–Crippen MR) is 69.3 cm³/mol. The fourth-order valence-electron chi connectivity index (χ4n) is 1.46. The molecule has 0 bridgehead atoms. The van der Waals surface area contributed by atoms with Crippen LogP contribution in [0.5, 0.6) is 0 Å². The van der Waals surface area contributed by atoms with Gasteiger partial charge in [0, 0.05) is 19.3 Å². The quantitative estimate of drug-likeness (QED) is 0.353. The maximum absolute atomic E-state index is 11.7. The first-order valence-corrected chi connectivity index (χ1v) is 6.16. The number of carbonyl (C=O) groups is 3.